The van der Waals surface area contributed by atoms with Gasteiger partial charge in [0, 0.05) is 18.0 Å². The predicted molar refractivity (Wildman–Crippen MR) is 58.1 cm³/mol. The number of hydrogen-bond donors (Lipinski definition) is 1. The summed E-state index contributed by atoms with van der Waals surface area (Å²) in [6.07, 6.45) is 6.03. The summed E-state index contributed by atoms with van der Waals surface area (Å²) in [5, 5.41) is 17.0. The van der Waals surface area contributed by atoms with Crippen molar-refractivity contribution in [1.29, 1.82) is 0 Å². The van der Waals surface area contributed by atoms with Gasteiger partial charge in [0.25, 0.3) is 0 Å². The van der Waals surface area contributed by atoms with E-state index >= 15 is 0 Å². The molecule has 0 aromatic carbocycles. The fourth-order valence-corrected chi connectivity index (χ4v) is 1.92. The molecule has 17 heavy (non-hydrogen) atoms. The Kier molecular flexibility index (Phi) is 1.98. The Morgan fingerprint density at radius 3 is 2.88 bits per heavy atom. The van der Waals surface area contributed by atoms with Crippen LogP contribution in [0.25, 0.3) is 11.4 Å². The third-order valence-electron chi connectivity index (χ3n) is 3.05. The lowest BCUT2D eigenvalue weighted by Crippen LogP contribution is -2.27. The zero-order valence-electron chi connectivity index (χ0n) is 8.95. The number of nitrogens with zero attached hydrogens (tertiary/aromatic N) is 4. The Labute approximate surface area is 96.9 Å². The van der Waals surface area contributed by atoms with Crippen LogP contribution < -0.4 is 0 Å². The Hall–Kier alpha value is -2.24. The molecule has 6 heteroatoms. The number of carboxylic acid groups (broad SMARTS) is 1. The van der Waals surface area contributed by atoms with Crippen molar-refractivity contribution in [3.05, 3.63) is 30.9 Å². The average molecular weight is 230 g/mol. The van der Waals surface area contributed by atoms with E-state index in [1.807, 2.05) is 6.07 Å². The molecule has 0 radical (unpaired) electrons. The molecule has 1 saturated carbocycles. The van der Waals surface area contributed by atoms with Crippen LogP contribution in [-0.2, 0) is 10.3 Å². The molecule has 0 amide bonds. The van der Waals surface area contributed by atoms with E-state index in [-0.39, 0.29) is 0 Å². The first-order valence-electron chi connectivity index (χ1n) is 5.28. The number of hydrogen-bond acceptors (Lipinski definition) is 4. The second kappa shape index (κ2) is 3.38. The van der Waals surface area contributed by atoms with E-state index in [0.717, 1.165) is 5.56 Å². The summed E-state index contributed by atoms with van der Waals surface area (Å²) in [5.41, 5.74) is -0.0770. The zero-order chi connectivity index (χ0) is 11.9. The van der Waals surface area contributed by atoms with Gasteiger partial charge in [0.2, 0.25) is 0 Å². The fourth-order valence-electron chi connectivity index (χ4n) is 1.92. The molecular formula is C11H10N4O2. The topological polar surface area (TPSA) is 80.9 Å². The molecule has 0 aliphatic heterocycles. The summed E-state index contributed by atoms with van der Waals surface area (Å²) >= 11 is 0. The molecule has 2 aromatic rings. The first-order valence-corrected chi connectivity index (χ1v) is 5.28. The summed E-state index contributed by atoms with van der Waals surface area (Å²) < 4.78 is 1.63. The summed E-state index contributed by atoms with van der Waals surface area (Å²) in [6, 6.07) is 3.63. The highest BCUT2D eigenvalue weighted by Gasteiger charge is 2.53. The number of rotatable bonds is 3. The monoisotopic (exact) mass is 230 g/mol. The number of aliphatic carboxylic acids is 1. The Morgan fingerprint density at radius 1 is 1.47 bits per heavy atom. The third kappa shape index (κ3) is 1.41. The fraction of sp³-hybridized carbons (Fsp3) is 0.273. The van der Waals surface area contributed by atoms with Gasteiger partial charge in [-0.3, -0.25) is 9.55 Å². The SMILES string of the molecule is O=C(O)C1(n2cnnc2-c2cccnc2)CC1. The standard InChI is InChI=1S/C11H10N4O2/c16-10(17)11(3-4-11)15-7-13-14-9(15)8-2-1-5-12-6-8/h1-2,5-7H,3-4H2,(H,16,17). The molecule has 1 N–H and O–H groups in total. The minimum Gasteiger partial charge on any atom is -0.479 e. The van der Waals surface area contributed by atoms with Crippen molar-refractivity contribution in [3.8, 4) is 11.4 Å². The van der Waals surface area contributed by atoms with Gasteiger partial charge in [-0.05, 0) is 25.0 Å². The Morgan fingerprint density at radius 2 is 2.29 bits per heavy atom. The van der Waals surface area contributed by atoms with Crippen molar-refractivity contribution in [2.24, 2.45) is 0 Å². The van der Waals surface area contributed by atoms with E-state index in [0.29, 0.717) is 18.7 Å². The number of pyridine rings is 1. The summed E-state index contributed by atoms with van der Waals surface area (Å²) in [5.74, 6) is -0.277. The molecule has 0 atom stereocenters. The molecule has 0 saturated heterocycles. The summed E-state index contributed by atoms with van der Waals surface area (Å²) in [7, 11) is 0. The minimum absolute atomic E-state index is 0.554. The molecule has 0 bridgehead atoms. The first kappa shape index (κ1) is 9.95. The van der Waals surface area contributed by atoms with Gasteiger partial charge in [-0.1, -0.05) is 0 Å². The van der Waals surface area contributed by atoms with Crippen molar-refractivity contribution in [3.63, 3.8) is 0 Å². The van der Waals surface area contributed by atoms with Gasteiger partial charge in [-0.25, -0.2) is 4.79 Å². The quantitative estimate of drug-likeness (QED) is 0.847. The second-order valence-electron chi connectivity index (χ2n) is 4.10. The number of carbonyl (C=O) groups is 1. The smallest absolute Gasteiger partial charge is 0.329 e. The Balaban J connectivity index is 2.10. The van der Waals surface area contributed by atoms with Gasteiger partial charge < -0.3 is 5.11 Å². The lowest BCUT2D eigenvalue weighted by atomic mass is 10.2. The van der Waals surface area contributed by atoms with E-state index in [9.17, 15) is 9.90 Å². The molecule has 1 aliphatic rings. The second-order valence-corrected chi connectivity index (χ2v) is 4.10. The lowest BCUT2D eigenvalue weighted by Gasteiger charge is -2.13. The van der Waals surface area contributed by atoms with Crippen molar-refractivity contribution in [2.75, 3.05) is 0 Å². The van der Waals surface area contributed by atoms with E-state index in [2.05, 4.69) is 15.2 Å². The van der Waals surface area contributed by atoms with Crippen molar-refractivity contribution >= 4 is 5.97 Å². The lowest BCUT2D eigenvalue weighted by molar-refractivity contribution is -0.142. The van der Waals surface area contributed by atoms with Crippen LogP contribution in [0.2, 0.25) is 0 Å². The van der Waals surface area contributed by atoms with Crippen molar-refractivity contribution in [2.45, 2.75) is 18.4 Å². The van der Waals surface area contributed by atoms with E-state index < -0.39 is 11.5 Å². The van der Waals surface area contributed by atoms with Crippen LogP contribution in [0.1, 0.15) is 12.8 Å². The van der Waals surface area contributed by atoms with E-state index in [4.69, 9.17) is 0 Å². The first-order chi connectivity index (χ1) is 8.24. The Bertz CT molecular complexity index is 560. The van der Waals surface area contributed by atoms with Crippen LogP contribution in [0.4, 0.5) is 0 Å². The maximum Gasteiger partial charge on any atom is 0.329 e. The predicted octanol–water partition coefficient (Wildman–Crippen LogP) is 0.914. The van der Waals surface area contributed by atoms with Crippen LogP contribution in [0.15, 0.2) is 30.9 Å². The molecule has 0 spiro atoms. The van der Waals surface area contributed by atoms with E-state index in [1.165, 1.54) is 6.33 Å². The van der Waals surface area contributed by atoms with Gasteiger partial charge in [0.15, 0.2) is 5.82 Å². The minimum atomic E-state index is -0.853. The number of aromatic nitrogens is 4. The van der Waals surface area contributed by atoms with Gasteiger partial charge in [-0.2, -0.15) is 0 Å². The highest BCUT2D eigenvalue weighted by atomic mass is 16.4. The highest BCUT2D eigenvalue weighted by Crippen LogP contribution is 2.45. The number of carboxylic acids is 1. The maximum atomic E-state index is 11.3. The molecule has 1 aliphatic carbocycles. The molecule has 6 nitrogen and oxygen atoms in total. The maximum absolute atomic E-state index is 11.3. The van der Waals surface area contributed by atoms with Crippen LogP contribution in [0.5, 0.6) is 0 Å². The summed E-state index contributed by atoms with van der Waals surface area (Å²) in [6.45, 7) is 0. The van der Waals surface area contributed by atoms with Crippen LogP contribution in [-0.4, -0.2) is 30.8 Å². The van der Waals surface area contributed by atoms with Crippen LogP contribution in [0, 0.1) is 0 Å². The normalized spacial score (nSPS) is 16.7. The van der Waals surface area contributed by atoms with Crippen LogP contribution >= 0.6 is 0 Å². The van der Waals surface area contributed by atoms with Crippen molar-refractivity contribution in [1.82, 2.24) is 19.7 Å². The van der Waals surface area contributed by atoms with Gasteiger partial charge in [0.1, 0.15) is 11.9 Å². The van der Waals surface area contributed by atoms with E-state index in [1.54, 1.807) is 23.0 Å². The van der Waals surface area contributed by atoms with Crippen molar-refractivity contribution < 1.29 is 9.90 Å². The zero-order valence-corrected chi connectivity index (χ0v) is 8.95. The molecule has 0 unspecified atom stereocenters. The van der Waals surface area contributed by atoms with Gasteiger partial charge in [-0.15, -0.1) is 10.2 Å². The largest absolute Gasteiger partial charge is 0.479 e. The molecular weight excluding hydrogens is 220 g/mol. The van der Waals surface area contributed by atoms with Gasteiger partial charge in [0.05, 0.1) is 0 Å². The molecule has 1 fully saturated rings. The summed E-state index contributed by atoms with van der Waals surface area (Å²) in [4.78, 5) is 15.3. The van der Waals surface area contributed by atoms with Crippen LogP contribution in [0.3, 0.4) is 0 Å². The van der Waals surface area contributed by atoms with Gasteiger partial charge >= 0.3 is 5.97 Å². The molecule has 86 valence electrons. The highest BCUT2D eigenvalue weighted by molar-refractivity contribution is 5.81. The molecule has 2 heterocycles. The third-order valence-corrected chi connectivity index (χ3v) is 3.05. The molecule has 2 aromatic heterocycles. The molecule has 3 rings (SSSR count). The average Bonchev–Trinajstić information content (AvgIpc) is 3.02.